The number of benzene rings is 1. The molecule has 3 nitrogen and oxygen atoms in total. The molecule has 1 heterocycles. The van der Waals surface area contributed by atoms with Gasteiger partial charge in [0.1, 0.15) is 0 Å². The van der Waals surface area contributed by atoms with Crippen molar-refractivity contribution in [2.45, 2.75) is 39.3 Å². The molecule has 124 valence electrons. The number of carbonyl (C=O) groups excluding carboxylic acids is 1. The average molecular weight is 343 g/mol. The standard InChI is InChI=1S/C17H26N2OS.ClH/c1-17(2,3)16(13-7-5-4-6-8-13)19-15(20)11-14-12-21-10-9-18-14;/h4-8,14,16,18H,9-12H2,1-3H3,(H,19,20);1H. The fourth-order valence-electron chi connectivity index (χ4n) is 2.64. The van der Waals surface area contributed by atoms with Crippen LogP contribution in [0.25, 0.3) is 0 Å². The van der Waals surface area contributed by atoms with Crippen molar-refractivity contribution >= 4 is 30.1 Å². The smallest absolute Gasteiger partial charge is 0.222 e. The summed E-state index contributed by atoms with van der Waals surface area (Å²) < 4.78 is 0. The van der Waals surface area contributed by atoms with E-state index in [-0.39, 0.29) is 29.8 Å². The van der Waals surface area contributed by atoms with Gasteiger partial charge in [-0.25, -0.2) is 0 Å². The lowest BCUT2D eigenvalue weighted by atomic mass is 9.82. The summed E-state index contributed by atoms with van der Waals surface area (Å²) in [6.07, 6.45) is 0.562. The molecular weight excluding hydrogens is 316 g/mol. The summed E-state index contributed by atoms with van der Waals surface area (Å²) in [7, 11) is 0. The van der Waals surface area contributed by atoms with Crippen molar-refractivity contribution in [2.24, 2.45) is 5.41 Å². The first-order valence-electron chi connectivity index (χ1n) is 7.62. The molecule has 1 aliphatic heterocycles. The van der Waals surface area contributed by atoms with E-state index in [1.54, 1.807) is 0 Å². The lowest BCUT2D eigenvalue weighted by Gasteiger charge is -2.33. The lowest BCUT2D eigenvalue weighted by molar-refractivity contribution is -0.123. The Hall–Kier alpha value is -0.710. The average Bonchev–Trinajstić information content (AvgIpc) is 2.45. The van der Waals surface area contributed by atoms with Crippen LogP contribution in [0.4, 0.5) is 0 Å². The molecule has 2 rings (SSSR count). The molecular formula is C17H27ClN2OS. The number of hydrogen-bond acceptors (Lipinski definition) is 3. The maximum Gasteiger partial charge on any atom is 0.222 e. The van der Waals surface area contributed by atoms with Crippen LogP contribution in [0.15, 0.2) is 30.3 Å². The SMILES string of the molecule is CC(C)(C)C(NC(=O)CC1CSCCN1)c1ccccc1.Cl. The number of carbonyl (C=O) groups is 1. The minimum Gasteiger partial charge on any atom is -0.349 e. The Labute approximate surface area is 144 Å². The molecule has 1 aromatic rings. The third-order valence-electron chi connectivity index (χ3n) is 3.73. The third kappa shape index (κ3) is 5.82. The van der Waals surface area contributed by atoms with Gasteiger partial charge in [-0.1, -0.05) is 51.1 Å². The molecule has 0 radical (unpaired) electrons. The Morgan fingerprint density at radius 1 is 1.36 bits per heavy atom. The Morgan fingerprint density at radius 3 is 2.59 bits per heavy atom. The van der Waals surface area contributed by atoms with Crippen LogP contribution < -0.4 is 10.6 Å². The molecule has 2 N–H and O–H groups in total. The molecule has 1 aliphatic rings. The van der Waals surface area contributed by atoms with Crippen LogP contribution in [0, 0.1) is 5.41 Å². The van der Waals surface area contributed by atoms with Crippen LogP contribution in [-0.4, -0.2) is 30.0 Å². The van der Waals surface area contributed by atoms with Crippen LogP contribution >= 0.6 is 24.2 Å². The van der Waals surface area contributed by atoms with Gasteiger partial charge in [0.25, 0.3) is 0 Å². The van der Waals surface area contributed by atoms with Gasteiger partial charge in [-0.2, -0.15) is 11.8 Å². The first kappa shape index (κ1) is 19.3. The first-order valence-corrected chi connectivity index (χ1v) is 8.78. The van der Waals surface area contributed by atoms with Gasteiger partial charge < -0.3 is 10.6 Å². The van der Waals surface area contributed by atoms with Crippen molar-refractivity contribution < 1.29 is 4.79 Å². The predicted molar refractivity (Wildman–Crippen MR) is 97.8 cm³/mol. The van der Waals surface area contributed by atoms with Crippen molar-refractivity contribution in [1.29, 1.82) is 0 Å². The first-order chi connectivity index (χ1) is 9.97. The normalized spacial score (nSPS) is 19.9. The van der Waals surface area contributed by atoms with E-state index in [4.69, 9.17) is 0 Å². The molecule has 2 atom stereocenters. The molecule has 22 heavy (non-hydrogen) atoms. The fourth-order valence-corrected chi connectivity index (χ4v) is 3.59. The van der Waals surface area contributed by atoms with Gasteiger partial charge in [0.15, 0.2) is 0 Å². The highest BCUT2D eigenvalue weighted by Crippen LogP contribution is 2.32. The number of thioether (sulfide) groups is 1. The fraction of sp³-hybridized carbons (Fsp3) is 0.588. The van der Waals surface area contributed by atoms with Crippen LogP contribution in [0.5, 0.6) is 0 Å². The second-order valence-electron chi connectivity index (χ2n) is 6.71. The molecule has 1 saturated heterocycles. The Morgan fingerprint density at radius 2 is 2.05 bits per heavy atom. The van der Waals surface area contributed by atoms with Crippen LogP contribution in [-0.2, 0) is 4.79 Å². The Balaban J connectivity index is 0.00000242. The van der Waals surface area contributed by atoms with Gasteiger partial charge in [0, 0.05) is 30.5 Å². The van der Waals surface area contributed by atoms with Crippen molar-refractivity contribution in [3.05, 3.63) is 35.9 Å². The van der Waals surface area contributed by atoms with E-state index in [0.29, 0.717) is 12.5 Å². The molecule has 1 amide bonds. The summed E-state index contributed by atoms with van der Waals surface area (Å²) in [4.78, 5) is 12.4. The van der Waals surface area contributed by atoms with E-state index in [2.05, 4.69) is 43.5 Å². The third-order valence-corrected chi connectivity index (χ3v) is 4.87. The molecule has 1 aromatic carbocycles. The second-order valence-corrected chi connectivity index (χ2v) is 7.86. The van der Waals surface area contributed by atoms with E-state index in [9.17, 15) is 4.79 Å². The van der Waals surface area contributed by atoms with Crippen molar-refractivity contribution in [1.82, 2.24) is 10.6 Å². The number of amides is 1. The Bertz CT molecular complexity index is 455. The number of nitrogens with one attached hydrogen (secondary N) is 2. The highest BCUT2D eigenvalue weighted by Gasteiger charge is 2.28. The minimum atomic E-state index is -0.00818. The minimum absolute atomic E-state index is 0. The van der Waals surface area contributed by atoms with Gasteiger partial charge in [-0.05, 0) is 11.0 Å². The highest BCUT2D eigenvalue weighted by molar-refractivity contribution is 7.99. The molecule has 0 spiro atoms. The molecule has 2 unspecified atom stereocenters. The van der Waals surface area contributed by atoms with Crippen LogP contribution in [0.1, 0.15) is 38.8 Å². The monoisotopic (exact) mass is 342 g/mol. The summed E-state index contributed by atoms with van der Waals surface area (Å²) >= 11 is 1.92. The zero-order valence-electron chi connectivity index (χ0n) is 13.6. The second kappa shape index (κ2) is 8.80. The van der Waals surface area contributed by atoms with E-state index >= 15 is 0 Å². The Kier molecular flexibility index (Phi) is 7.74. The number of rotatable bonds is 4. The van der Waals surface area contributed by atoms with Gasteiger partial charge in [-0.15, -0.1) is 12.4 Å². The maximum atomic E-state index is 12.4. The van der Waals surface area contributed by atoms with E-state index < -0.39 is 0 Å². The highest BCUT2D eigenvalue weighted by atomic mass is 35.5. The predicted octanol–water partition coefficient (Wildman–Crippen LogP) is 3.41. The van der Waals surface area contributed by atoms with Gasteiger partial charge >= 0.3 is 0 Å². The number of halogens is 1. The zero-order valence-corrected chi connectivity index (χ0v) is 15.2. The molecule has 0 saturated carbocycles. The van der Waals surface area contributed by atoms with Gasteiger partial charge in [-0.3, -0.25) is 4.79 Å². The summed E-state index contributed by atoms with van der Waals surface area (Å²) in [5.74, 6) is 2.31. The number of hydrogen-bond donors (Lipinski definition) is 2. The van der Waals surface area contributed by atoms with Crippen LogP contribution in [0.3, 0.4) is 0 Å². The molecule has 1 fully saturated rings. The summed E-state index contributed by atoms with van der Waals surface area (Å²) in [5.41, 5.74) is 1.16. The van der Waals surface area contributed by atoms with E-state index in [1.807, 2.05) is 30.0 Å². The van der Waals surface area contributed by atoms with Crippen molar-refractivity contribution in [3.8, 4) is 0 Å². The van der Waals surface area contributed by atoms with Crippen LogP contribution in [0.2, 0.25) is 0 Å². The summed E-state index contributed by atoms with van der Waals surface area (Å²) in [5, 5.41) is 6.65. The van der Waals surface area contributed by atoms with Crippen molar-refractivity contribution in [3.63, 3.8) is 0 Å². The molecule has 0 aliphatic carbocycles. The van der Waals surface area contributed by atoms with Gasteiger partial charge in [0.2, 0.25) is 5.91 Å². The summed E-state index contributed by atoms with van der Waals surface area (Å²) in [6.45, 7) is 7.50. The lowest BCUT2D eigenvalue weighted by Crippen LogP contribution is -2.43. The molecule has 0 aromatic heterocycles. The van der Waals surface area contributed by atoms with Gasteiger partial charge in [0.05, 0.1) is 6.04 Å². The van der Waals surface area contributed by atoms with Crippen molar-refractivity contribution in [2.75, 3.05) is 18.1 Å². The molecule has 0 bridgehead atoms. The maximum absolute atomic E-state index is 12.4. The quantitative estimate of drug-likeness (QED) is 0.881. The zero-order chi connectivity index (χ0) is 15.3. The largest absolute Gasteiger partial charge is 0.349 e. The topological polar surface area (TPSA) is 41.1 Å². The van der Waals surface area contributed by atoms with E-state index in [1.165, 1.54) is 5.56 Å². The molecule has 5 heteroatoms. The summed E-state index contributed by atoms with van der Waals surface area (Å²) in [6, 6.07) is 10.6. The van der Waals surface area contributed by atoms with E-state index in [0.717, 1.165) is 18.1 Å².